The number of hydrogen-bond acceptors (Lipinski definition) is 9. The fraction of sp³-hybridized carbons (Fsp3) is 0.312. The maximum Gasteiger partial charge on any atom is 0.257 e. The average molecular weight is 583 g/mol. The summed E-state index contributed by atoms with van der Waals surface area (Å²) in [6.45, 7) is 6.07. The number of anilines is 1. The van der Waals surface area contributed by atoms with Gasteiger partial charge in [-0.25, -0.2) is 15.0 Å². The number of amides is 1. The standard InChI is InChI=1S/C32H34N6O3S/c1-37-12-14-38(15-13-37)11-6-16-41-29-19-24-25(33-21-34-26(24)20-28(29)40-2)17-22-9-10-30-27(18-22)35-32(42-30)36-31(39)23-7-4-3-5-8-23/h3-5,7-10,18-21H,6,11-17H2,1-2H3,(H,35,36,39). The van der Waals surface area contributed by atoms with Crippen molar-refractivity contribution in [1.82, 2.24) is 24.8 Å². The van der Waals surface area contributed by atoms with Gasteiger partial charge in [-0.15, -0.1) is 0 Å². The molecule has 1 fully saturated rings. The van der Waals surface area contributed by atoms with Crippen LogP contribution in [-0.4, -0.2) is 84.1 Å². The van der Waals surface area contributed by atoms with Crippen LogP contribution in [0.25, 0.3) is 21.1 Å². The molecule has 0 bridgehead atoms. The van der Waals surface area contributed by atoms with Crippen molar-refractivity contribution in [1.29, 1.82) is 0 Å². The number of carbonyl (C=O) groups is 1. The fourth-order valence-electron chi connectivity index (χ4n) is 5.16. The molecular weight excluding hydrogens is 548 g/mol. The number of carbonyl (C=O) groups excluding carboxylic acids is 1. The number of nitrogens with zero attached hydrogens (tertiary/aromatic N) is 5. The van der Waals surface area contributed by atoms with Crippen LogP contribution in [0.15, 0.2) is 67.0 Å². The van der Waals surface area contributed by atoms with E-state index < -0.39 is 0 Å². The van der Waals surface area contributed by atoms with Crippen LogP contribution < -0.4 is 14.8 Å². The van der Waals surface area contributed by atoms with Gasteiger partial charge in [-0.3, -0.25) is 10.1 Å². The molecule has 6 rings (SSSR count). The third kappa shape index (κ3) is 6.51. The van der Waals surface area contributed by atoms with E-state index in [1.807, 2.05) is 36.4 Å². The Balaban J connectivity index is 1.16. The van der Waals surface area contributed by atoms with Gasteiger partial charge in [0.2, 0.25) is 0 Å². The number of methoxy groups -OCH3 is 1. The SMILES string of the molecule is COc1cc2ncnc(Cc3ccc4sc(NC(=O)c5ccccc5)nc4c3)c2cc1OCCCN1CCN(C)CC1. The molecule has 10 heteroatoms. The number of benzene rings is 3. The van der Waals surface area contributed by atoms with Crippen molar-refractivity contribution in [2.24, 2.45) is 0 Å². The molecule has 1 N–H and O–H groups in total. The molecule has 5 aromatic rings. The van der Waals surface area contributed by atoms with Crippen LogP contribution >= 0.6 is 11.3 Å². The molecule has 2 aromatic heterocycles. The summed E-state index contributed by atoms with van der Waals surface area (Å²) >= 11 is 1.46. The van der Waals surface area contributed by atoms with Gasteiger partial charge in [0.15, 0.2) is 16.6 Å². The zero-order valence-corrected chi connectivity index (χ0v) is 24.7. The molecule has 1 saturated heterocycles. The van der Waals surface area contributed by atoms with E-state index in [1.54, 1.807) is 25.6 Å². The third-order valence-electron chi connectivity index (χ3n) is 7.56. The monoisotopic (exact) mass is 582 g/mol. The van der Waals surface area contributed by atoms with E-state index in [4.69, 9.17) is 9.47 Å². The number of nitrogens with one attached hydrogen (secondary N) is 1. The van der Waals surface area contributed by atoms with Crippen molar-refractivity contribution in [3.8, 4) is 11.5 Å². The van der Waals surface area contributed by atoms with Gasteiger partial charge in [0.05, 0.1) is 35.1 Å². The van der Waals surface area contributed by atoms with Crippen molar-refractivity contribution < 1.29 is 14.3 Å². The van der Waals surface area contributed by atoms with Crippen LogP contribution in [0.3, 0.4) is 0 Å². The lowest BCUT2D eigenvalue weighted by atomic mass is 10.0. The molecule has 42 heavy (non-hydrogen) atoms. The van der Waals surface area contributed by atoms with Crippen LogP contribution in [0.5, 0.6) is 11.5 Å². The lowest BCUT2D eigenvalue weighted by Gasteiger charge is -2.32. The second-order valence-corrected chi connectivity index (χ2v) is 11.5. The molecular formula is C32H34N6O3S. The summed E-state index contributed by atoms with van der Waals surface area (Å²) in [5.74, 6) is 1.20. The molecule has 3 heterocycles. The van der Waals surface area contributed by atoms with Crippen molar-refractivity contribution in [2.75, 3.05) is 58.8 Å². The van der Waals surface area contributed by atoms with Crippen molar-refractivity contribution in [3.05, 3.63) is 83.8 Å². The molecule has 1 aliphatic heterocycles. The number of thiazole rings is 1. The first-order valence-electron chi connectivity index (χ1n) is 14.2. The summed E-state index contributed by atoms with van der Waals surface area (Å²) in [7, 11) is 3.83. The molecule has 1 amide bonds. The second-order valence-electron chi connectivity index (χ2n) is 10.5. The fourth-order valence-corrected chi connectivity index (χ4v) is 6.00. The quantitative estimate of drug-likeness (QED) is 0.227. The topological polar surface area (TPSA) is 92.7 Å². The van der Waals surface area contributed by atoms with Gasteiger partial charge in [0.25, 0.3) is 5.91 Å². The van der Waals surface area contributed by atoms with E-state index in [9.17, 15) is 4.79 Å². The zero-order chi connectivity index (χ0) is 28.9. The number of hydrogen-bond donors (Lipinski definition) is 1. The van der Waals surface area contributed by atoms with Gasteiger partial charge in [0, 0.05) is 56.2 Å². The summed E-state index contributed by atoms with van der Waals surface area (Å²) in [5, 5.41) is 4.42. The number of aromatic nitrogens is 3. The van der Waals surface area contributed by atoms with E-state index in [2.05, 4.69) is 49.2 Å². The molecule has 1 aliphatic rings. The normalized spacial score (nSPS) is 14.3. The van der Waals surface area contributed by atoms with E-state index in [1.165, 1.54) is 11.3 Å². The Bertz CT molecular complexity index is 1680. The number of piperazine rings is 1. The predicted octanol–water partition coefficient (Wildman–Crippen LogP) is 5.11. The van der Waals surface area contributed by atoms with Gasteiger partial charge >= 0.3 is 0 Å². The number of rotatable bonds is 10. The molecule has 0 unspecified atom stereocenters. The minimum Gasteiger partial charge on any atom is -0.493 e. The Morgan fingerprint density at radius 2 is 1.81 bits per heavy atom. The Morgan fingerprint density at radius 1 is 0.976 bits per heavy atom. The molecule has 9 nitrogen and oxygen atoms in total. The smallest absolute Gasteiger partial charge is 0.257 e. The second kappa shape index (κ2) is 12.8. The van der Waals surface area contributed by atoms with Gasteiger partial charge in [-0.05, 0) is 49.4 Å². The van der Waals surface area contributed by atoms with E-state index in [0.717, 1.165) is 71.5 Å². The summed E-state index contributed by atoms with van der Waals surface area (Å²) in [6, 6.07) is 19.2. The molecule has 3 aromatic carbocycles. The minimum atomic E-state index is -0.171. The summed E-state index contributed by atoms with van der Waals surface area (Å²) in [4.78, 5) is 31.2. The molecule has 0 atom stereocenters. The largest absolute Gasteiger partial charge is 0.493 e. The number of fused-ring (bicyclic) bond motifs is 2. The van der Waals surface area contributed by atoms with Gasteiger partial charge < -0.3 is 19.3 Å². The maximum absolute atomic E-state index is 12.6. The van der Waals surface area contributed by atoms with E-state index in [0.29, 0.717) is 35.2 Å². The minimum absolute atomic E-state index is 0.171. The Hall–Kier alpha value is -4.12. The lowest BCUT2D eigenvalue weighted by molar-refractivity contribution is 0.102. The zero-order valence-electron chi connectivity index (χ0n) is 23.9. The number of likely N-dealkylation sites (N-methyl/N-ethyl adjacent to an activating group) is 1. The summed E-state index contributed by atoms with van der Waals surface area (Å²) < 4.78 is 12.9. The van der Waals surface area contributed by atoms with Crippen molar-refractivity contribution in [3.63, 3.8) is 0 Å². The summed E-state index contributed by atoms with van der Waals surface area (Å²) in [6.07, 6.45) is 3.14. The highest BCUT2D eigenvalue weighted by atomic mass is 32.1. The molecule has 0 saturated carbocycles. The lowest BCUT2D eigenvalue weighted by Crippen LogP contribution is -2.44. The van der Waals surface area contributed by atoms with Gasteiger partial charge in [0.1, 0.15) is 6.33 Å². The van der Waals surface area contributed by atoms with Crippen LogP contribution in [0.4, 0.5) is 5.13 Å². The molecule has 0 spiro atoms. The highest BCUT2D eigenvalue weighted by molar-refractivity contribution is 7.22. The Kier molecular flexibility index (Phi) is 8.55. The molecule has 0 aliphatic carbocycles. The predicted molar refractivity (Wildman–Crippen MR) is 167 cm³/mol. The average Bonchev–Trinajstić information content (AvgIpc) is 3.42. The van der Waals surface area contributed by atoms with Gasteiger partial charge in [-0.2, -0.15) is 0 Å². The first-order valence-corrected chi connectivity index (χ1v) is 15.0. The van der Waals surface area contributed by atoms with Crippen LogP contribution in [0, 0.1) is 0 Å². The van der Waals surface area contributed by atoms with Crippen molar-refractivity contribution >= 4 is 43.5 Å². The highest BCUT2D eigenvalue weighted by Gasteiger charge is 2.16. The van der Waals surface area contributed by atoms with E-state index in [-0.39, 0.29) is 5.91 Å². The summed E-state index contributed by atoms with van der Waals surface area (Å²) in [5.41, 5.74) is 4.21. The maximum atomic E-state index is 12.6. The van der Waals surface area contributed by atoms with Crippen LogP contribution in [-0.2, 0) is 6.42 Å². The first kappa shape index (κ1) is 28.0. The molecule has 216 valence electrons. The Labute approximate surface area is 249 Å². The van der Waals surface area contributed by atoms with Crippen molar-refractivity contribution in [2.45, 2.75) is 12.8 Å². The van der Waals surface area contributed by atoms with Crippen LogP contribution in [0.1, 0.15) is 28.0 Å². The number of ether oxygens (including phenoxy) is 2. The Morgan fingerprint density at radius 3 is 2.62 bits per heavy atom. The van der Waals surface area contributed by atoms with Crippen LogP contribution in [0.2, 0.25) is 0 Å². The third-order valence-corrected chi connectivity index (χ3v) is 8.51. The van der Waals surface area contributed by atoms with E-state index >= 15 is 0 Å². The molecule has 0 radical (unpaired) electrons. The first-order chi connectivity index (χ1) is 20.6. The van der Waals surface area contributed by atoms with Gasteiger partial charge in [-0.1, -0.05) is 35.6 Å². The highest BCUT2D eigenvalue weighted by Crippen LogP contribution is 2.34.